The van der Waals surface area contributed by atoms with Gasteiger partial charge in [-0.05, 0) is 42.2 Å². The molecule has 2 aromatic heterocycles. The van der Waals surface area contributed by atoms with Crippen LogP contribution >= 0.6 is 0 Å². The van der Waals surface area contributed by atoms with Crippen molar-refractivity contribution in [2.24, 2.45) is 0 Å². The molecule has 122 valence electrons. The molecule has 0 aliphatic carbocycles. The average molecular weight is 310 g/mol. The molecular formula is C20H26N2O. The molecule has 0 atom stereocenters. The number of benzene rings is 1. The first-order chi connectivity index (χ1) is 11.2. The number of hydrogen-bond acceptors (Lipinski definition) is 2. The minimum absolute atomic E-state index is 0.280. The van der Waals surface area contributed by atoms with Crippen LogP contribution in [-0.2, 0) is 6.42 Å². The molecule has 0 spiro atoms. The van der Waals surface area contributed by atoms with Crippen LogP contribution in [0.25, 0.3) is 22.2 Å². The number of nitrogens with one attached hydrogen (secondary N) is 1. The highest BCUT2D eigenvalue weighted by Gasteiger charge is 2.07. The van der Waals surface area contributed by atoms with E-state index >= 15 is 0 Å². The van der Waals surface area contributed by atoms with Gasteiger partial charge in [0.05, 0.1) is 0 Å². The first-order valence-electron chi connectivity index (χ1n) is 8.45. The number of aromatic nitrogens is 2. The third kappa shape index (κ3) is 4.35. The second-order valence-corrected chi connectivity index (χ2v) is 5.80. The topological polar surface area (TPSA) is 48.9 Å². The highest BCUT2D eigenvalue weighted by molar-refractivity contribution is 5.84. The first-order valence-corrected chi connectivity index (χ1v) is 8.45. The number of fused-ring (bicyclic) bond motifs is 1. The van der Waals surface area contributed by atoms with E-state index in [0.717, 1.165) is 23.2 Å². The number of rotatable bonds is 4. The van der Waals surface area contributed by atoms with Crippen LogP contribution in [0.3, 0.4) is 0 Å². The van der Waals surface area contributed by atoms with E-state index < -0.39 is 0 Å². The van der Waals surface area contributed by atoms with E-state index in [1.165, 1.54) is 30.2 Å². The second-order valence-electron chi connectivity index (χ2n) is 5.80. The Morgan fingerprint density at radius 1 is 1.09 bits per heavy atom. The van der Waals surface area contributed by atoms with Gasteiger partial charge in [0.15, 0.2) is 0 Å². The smallest absolute Gasteiger partial charge is 0.137 e. The Balaban J connectivity index is 0.000000595. The summed E-state index contributed by atoms with van der Waals surface area (Å²) in [6.07, 6.45) is 8.59. The number of nitrogens with zero attached hydrogens (tertiary/aromatic N) is 1. The van der Waals surface area contributed by atoms with Crippen molar-refractivity contribution in [2.45, 2.75) is 46.5 Å². The number of pyridine rings is 1. The predicted octanol–water partition coefficient (Wildman–Crippen LogP) is 5.69. The largest absolute Gasteiger partial charge is 0.508 e. The number of aromatic amines is 1. The SMILES string of the molecule is CCC.CCCCc1c[nH]c2ncc(-c3cccc(O)c3)cc12. The van der Waals surface area contributed by atoms with Crippen molar-refractivity contribution in [3.05, 3.63) is 48.3 Å². The second kappa shape index (κ2) is 8.37. The minimum atomic E-state index is 0.280. The number of aromatic hydroxyl groups is 1. The molecule has 0 amide bonds. The fourth-order valence-electron chi connectivity index (χ4n) is 2.48. The molecular weight excluding hydrogens is 284 g/mol. The third-order valence-electron chi connectivity index (χ3n) is 3.60. The highest BCUT2D eigenvalue weighted by atomic mass is 16.3. The molecule has 0 aliphatic rings. The van der Waals surface area contributed by atoms with Gasteiger partial charge in [0.1, 0.15) is 11.4 Å². The monoisotopic (exact) mass is 310 g/mol. The van der Waals surface area contributed by atoms with Gasteiger partial charge in [-0.15, -0.1) is 0 Å². The van der Waals surface area contributed by atoms with Crippen LogP contribution in [0.4, 0.5) is 0 Å². The van der Waals surface area contributed by atoms with Crippen LogP contribution in [0, 0.1) is 0 Å². The summed E-state index contributed by atoms with van der Waals surface area (Å²) in [6.45, 7) is 6.45. The molecule has 1 aromatic carbocycles. The summed E-state index contributed by atoms with van der Waals surface area (Å²) < 4.78 is 0. The molecule has 3 aromatic rings. The van der Waals surface area contributed by atoms with Gasteiger partial charge in [-0.2, -0.15) is 0 Å². The Hall–Kier alpha value is -2.29. The van der Waals surface area contributed by atoms with E-state index in [0.29, 0.717) is 0 Å². The molecule has 2 heterocycles. The molecule has 0 bridgehead atoms. The molecule has 0 saturated carbocycles. The lowest BCUT2D eigenvalue weighted by Crippen LogP contribution is -1.85. The lowest BCUT2D eigenvalue weighted by atomic mass is 10.0. The van der Waals surface area contributed by atoms with Gasteiger partial charge in [-0.3, -0.25) is 0 Å². The van der Waals surface area contributed by atoms with Crippen molar-refractivity contribution in [1.29, 1.82) is 0 Å². The molecule has 23 heavy (non-hydrogen) atoms. The van der Waals surface area contributed by atoms with Crippen LogP contribution in [0.15, 0.2) is 42.7 Å². The molecule has 2 N–H and O–H groups in total. The number of phenols is 1. The number of phenolic OH excluding ortho intramolecular Hbond substituents is 1. The average Bonchev–Trinajstić information content (AvgIpc) is 2.96. The van der Waals surface area contributed by atoms with E-state index in [2.05, 4.69) is 43.0 Å². The molecule has 0 saturated heterocycles. The highest BCUT2D eigenvalue weighted by Crippen LogP contribution is 2.27. The number of aryl methyl sites for hydroxylation is 1. The molecule has 3 rings (SSSR count). The lowest BCUT2D eigenvalue weighted by molar-refractivity contribution is 0.475. The molecule has 0 fully saturated rings. The number of H-pyrrole nitrogens is 1. The summed E-state index contributed by atoms with van der Waals surface area (Å²) >= 11 is 0. The zero-order valence-electron chi connectivity index (χ0n) is 14.3. The summed E-state index contributed by atoms with van der Waals surface area (Å²) in [5.74, 6) is 0.280. The van der Waals surface area contributed by atoms with E-state index in [1.54, 1.807) is 12.1 Å². The fourth-order valence-corrected chi connectivity index (χ4v) is 2.48. The van der Waals surface area contributed by atoms with Crippen molar-refractivity contribution >= 4 is 11.0 Å². The Kier molecular flexibility index (Phi) is 6.21. The fraction of sp³-hybridized carbons (Fsp3) is 0.350. The molecule has 0 unspecified atom stereocenters. The lowest BCUT2D eigenvalue weighted by Gasteiger charge is -2.03. The molecule has 0 radical (unpaired) electrons. The van der Waals surface area contributed by atoms with Crippen LogP contribution < -0.4 is 0 Å². The maximum atomic E-state index is 9.59. The predicted molar refractivity (Wildman–Crippen MR) is 97.8 cm³/mol. The molecule has 0 aliphatic heterocycles. The standard InChI is InChI=1S/C17H18N2O.C3H8/c1-2-3-5-13-10-18-17-16(13)9-14(11-19-17)12-6-4-7-15(20)8-12;1-3-2/h4,6-11,20H,2-3,5H2,1H3,(H,18,19);3H2,1-2H3. The van der Waals surface area contributed by atoms with Gasteiger partial charge in [0.2, 0.25) is 0 Å². The summed E-state index contributed by atoms with van der Waals surface area (Å²) in [4.78, 5) is 7.71. The zero-order valence-corrected chi connectivity index (χ0v) is 14.3. The van der Waals surface area contributed by atoms with Crippen molar-refractivity contribution in [3.8, 4) is 16.9 Å². The Morgan fingerprint density at radius 3 is 2.57 bits per heavy atom. The number of hydrogen-bond donors (Lipinski definition) is 2. The molecule has 3 nitrogen and oxygen atoms in total. The van der Waals surface area contributed by atoms with Crippen LogP contribution in [0.5, 0.6) is 5.75 Å². The summed E-state index contributed by atoms with van der Waals surface area (Å²) in [6, 6.07) is 9.43. The van der Waals surface area contributed by atoms with E-state index in [-0.39, 0.29) is 5.75 Å². The summed E-state index contributed by atoms with van der Waals surface area (Å²) in [5, 5.41) is 10.8. The minimum Gasteiger partial charge on any atom is -0.508 e. The summed E-state index contributed by atoms with van der Waals surface area (Å²) in [5.41, 5.74) is 4.27. The van der Waals surface area contributed by atoms with E-state index in [1.807, 2.05) is 18.3 Å². The maximum Gasteiger partial charge on any atom is 0.137 e. The molecule has 3 heteroatoms. The maximum absolute atomic E-state index is 9.59. The van der Waals surface area contributed by atoms with Crippen LogP contribution in [0.2, 0.25) is 0 Å². The number of unbranched alkanes of at least 4 members (excludes halogenated alkanes) is 1. The van der Waals surface area contributed by atoms with Crippen LogP contribution in [-0.4, -0.2) is 15.1 Å². The van der Waals surface area contributed by atoms with Crippen molar-refractivity contribution in [1.82, 2.24) is 9.97 Å². The van der Waals surface area contributed by atoms with E-state index in [9.17, 15) is 5.11 Å². The van der Waals surface area contributed by atoms with Crippen molar-refractivity contribution in [3.63, 3.8) is 0 Å². The quantitative estimate of drug-likeness (QED) is 0.650. The normalized spacial score (nSPS) is 10.4. The third-order valence-corrected chi connectivity index (χ3v) is 3.60. The van der Waals surface area contributed by atoms with E-state index in [4.69, 9.17) is 0 Å². The van der Waals surface area contributed by atoms with Gasteiger partial charge in [0.25, 0.3) is 0 Å². The van der Waals surface area contributed by atoms with Gasteiger partial charge in [-0.1, -0.05) is 45.7 Å². The van der Waals surface area contributed by atoms with Gasteiger partial charge in [-0.25, -0.2) is 4.98 Å². The summed E-state index contributed by atoms with van der Waals surface area (Å²) in [7, 11) is 0. The Labute approximate surface area is 138 Å². The Morgan fingerprint density at radius 2 is 1.87 bits per heavy atom. The van der Waals surface area contributed by atoms with Crippen molar-refractivity contribution in [2.75, 3.05) is 0 Å². The Bertz CT molecular complexity index is 746. The zero-order chi connectivity index (χ0) is 16.7. The van der Waals surface area contributed by atoms with Gasteiger partial charge in [0, 0.05) is 23.3 Å². The van der Waals surface area contributed by atoms with Gasteiger partial charge >= 0.3 is 0 Å². The van der Waals surface area contributed by atoms with Crippen molar-refractivity contribution < 1.29 is 5.11 Å². The van der Waals surface area contributed by atoms with Crippen LogP contribution in [0.1, 0.15) is 45.6 Å². The first kappa shape index (κ1) is 17.1. The van der Waals surface area contributed by atoms with Gasteiger partial charge < -0.3 is 10.1 Å².